The molecule has 0 saturated carbocycles. The van der Waals surface area contributed by atoms with Gasteiger partial charge in [0.15, 0.2) is 0 Å². The Bertz CT molecular complexity index is 353. The van der Waals surface area contributed by atoms with Gasteiger partial charge < -0.3 is 26.6 Å². The van der Waals surface area contributed by atoms with Crippen molar-refractivity contribution in [2.45, 2.75) is 31.5 Å². The molecule has 0 heterocycles. The van der Waals surface area contributed by atoms with E-state index in [2.05, 4.69) is 10.6 Å². The first-order valence-electron chi connectivity index (χ1n) is 6.02. The van der Waals surface area contributed by atoms with E-state index in [1.165, 1.54) is 6.92 Å². The maximum atomic E-state index is 11.7. The second kappa shape index (κ2) is 9.56. The van der Waals surface area contributed by atoms with E-state index in [0.717, 1.165) is 5.75 Å². The molecular weight excluding hydrogens is 286 g/mol. The van der Waals surface area contributed by atoms with Gasteiger partial charge in [-0.3, -0.25) is 9.59 Å². The summed E-state index contributed by atoms with van der Waals surface area (Å²) in [5, 5.41) is 22.0. The highest BCUT2D eigenvalue weighted by molar-refractivity contribution is 7.98. The zero-order valence-electron chi connectivity index (χ0n) is 11.5. The van der Waals surface area contributed by atoms with E-state index in [1.54, 1.807) is 11.8 Å². The van der Waals surface area contributed by atoms with E-state index < -0.39 is 42.5 Å². The molecule has 0 fully saturated rings. The van der Waals surface area contributed by atoms with Gasteiger partial charge >= 0.3 is 5.97 Å². The lowest BCUT2D eigenvalue weighted by Crippen LogP contribution is -2.54. The van der Waals surface area contributed by atoms with Crippen molar-refractivity contribution in [1.82, 2.24) is 10.6 Å². The molecular formula is C11H21N3O5S. The van der Waals surface area contributed by atoms with Crippen LogP contribution in [0.5, 0.6) is 0 Å². The SMILES string of the molecule is CSCC[C@H](N)C(=O)N[C@@H](C)C(=O)N[C@H](CO)C(=O)O. The Morgan fingerprint density at radius 1 is 1.25 bits per heavy atom. The number of nitrogens with one attached hydrogen (secondary N) is 2. The standard InChI is InChI=1S/C11H21N3O5S/c1-6(9(16)14-8(5-15)11(18)19)13-10(17)7(12)3-4-20-2/h6-8,15H,3-5,12H2,1-2H3,(H,13,17)(H,14,16)(H,18,19)/t6-,7-,8+/m0/s1. The van der Waals surface area contributed by atoms with Crippen LogP contribution >= 0.6 is 11.8 Å². The third kappa shape index (κ3) is 6.73. The molecule has 0 aromatic heterocycles. The van der Waals surface area contributed by atoms with Crippen molar-refractivity contribution >= 4 is 29.5 Å². The van der Waals surface area contributed by atoms with E-state index >= 15 is 0 Å². The normalized spacial score (nSPS) is 15.0. The predicted octanol–water partition coefficient (Wildman–Crippen LogP) is -1.87. The van der Waals surface area contributed by atoms with E-state index in [1.807, 2.05) is 6.26 Å². The number of hydrogen-bond donors (Lipinski definition) is 5. The highest BCUT2D eigenvalue weighted by Gasteiger charge is 2.24. The molecule has 116 valence electrons. The molecule has 9 heteroatoms. The van der Waals surface area contributed by atoms with Gasteiger partial charge in [-0.25, -0.2) is 4.79 Å². The summed E-state index contributed by atoms with van der Waals surface area (Å²) in [4.78, 5) is 34.0. The third-order valence-corrected chi connectivity index (χ3v) is 3.16. The van der Waals surface area contributed by atoms with Crippen LogP contribution in [-0.2, 0) is 14.4 Å². The number of thioether (sulfide) groups is 1. The summed E-state index contributed by atoms with van der Waals surface area (Å²) in [5.74, 6) is -1.80. The van der Waals surface area contributed by atoms with Gasteiger partial charge in [0.1, 0.15) is 12.1 Å². The summed E-state index contributed by atoms with van der Waals surface area (Å²) in [6.45, 7) is 0.680. The largest absolute Gasteiger partial charge is 0.480 e. The first kappa shape index (κ1) is 18.7. The van der Waals surface area contributed by atoms with E-state index in [-0.39, 0.29) is 0 Å². The van der Waals surface area contributed by atoms with Gasteiger partial charge in [0.25, 0.3) is 0 Å². The summed E-state index contributed by atoms with van der Waals surface area (Å²) in [6.07, 6.45) is 2.37. The number of rotatable bonds is 9. The van der Waals surface area contributed by atoms with Crippen LogP contribution in [-0.4, -0.2) is 64.7 Å². The van der Waals surface area contributed by atoms with Gasteiger partial charge in [-0.1, -0.05) is 0 Å². The quantitative estimate of drug-likeness (QED) is 0.336. The fourth-order valence-corrected chi connectivity index (χ4v) is 1.73. The molecule has 0 rings (SSSR count). The lowest BCUT2D eigenvalue weighted by Gasteiger charge is -2.19. The molecule has 2 amide bonds. The van der Waals surface area contributed by atoms with Crippen LogP contribution in [0, 0.1) is 0 Å². The number of carbonyl (C=O) groups excluding carboxylic acids is 2. The Balaban J connectivity index is 4.31. The van der Waals surface area contributed by atoms with Crippen LogP contribution in [0.1, 0.15) is 13.3 Å². The van der Waals surface area contributed by atoms with Crippen LogP contribution in [0.15, 0.2) is 0 Å². The molecule has 0 aromatic rings. The number of hydrogen-bond acceptors (Lipinski definition) is 6. The average molecular weight is 307 g/mol. The minimum Gasteiger partial charge on any atom is -0.480 e. The summed E-state index contributed by atoms with van der Waals surface area (Å²) in [5.41, 5.74) is 5.64. The third-order valence-electron chi connectivity index (χ3n) is 2.52. The molecule has 0 aromatic carbocycles. The van der Waals surface area contributed by atoms with Gasteiger partial charge in [-0.05, 0) is 25.4 Å². The summed E-state index contributed by atoms with van der Waals surface area (Å²) >= 11 is 1.55. The minimum atomic E-state index is -1.40. The molecule has 3 atom stereocenters. The van der Waals surface area contributed by atoms with E-state index in [0.29, 0.717) is 6.42 Å². The van der Waals surface area contributed by atoms with Crippen LogP contribution in [0.2, 0.25) is 0 Å². The molecule has 0 radical (unpaired) electrons. The first-order valence-corrected chi connectivity index (χ1v) is 7.41. The number of carboxylic acids is 1. The van der Waals surface area contributed by atoms with Crippen LogP contribution in [0.25, 0.3) is 0 Å². The molecule has 6 N–H and O–H groups in total. The summed E-state index contributed by atoms with van der Waals surface area (Å²) in [7, 11) is 0. The van der Waals surface area contributed by atoms with E-state index in [4.69, 9.17) is 15.9 Å². The number of carboxylic acid groups (broad SMARTS) is 1. The lowest BCUT2D eigenvalue weighted by molar-refractivity contribution is -0.143. The zero-order valence-corrected chi connectivity index (χ0v) is 12.3. The van der Waals surface area contributed by atoms with Gasteiger partial charge in [0.2, 0.25) is 11.8 Å². The van der Waals surface area contributed by atoms with Gasteiger partial charge in [-0.15, -0.1) is 0 Å². The first-order chi connectivity index (χ1) is 9.33. The Hall–Kier alpha value is -1.32. The lowest BCUT2D eigenvalue weighted by atomic mass is 10.2. The fourth-order valence-electron chi connectivity index (χ4n) is 1.24. The Morgan fingerprint density at radius 3 is 2.30 bits per heavy atom. The number of aliphatic hydroxyl groups excluding tert-OH is 1. The Kier molecular flexibility index (Phi) is 8.93. The summed E-state index contributed by atoms with van der Waals surface area (Å²) in [6, 6.07) is -3.05. The number of carbonyl (C=O) groups is 3. The van der Waals surface area contributed by atoms with Gasteiger partial charge in [0.05, 0.1) is 12.6 Å². The average Bonchev–Trinajstić information content (AvgIpc) is 2.40. The Labute approximate surface area is 121 Å². The highest BCUT2D eigenvalue weighted by atomic mass is 32.2. The van der Waals surface area contributed by atoms with Crippen molar-refractivity contribution < 1.29 is 24.6 Å². The molecule has 0 spiro atoms. The maximum Gasteiger partial charge on any atom is 0.328 e. The smallest absolute Gasteiger partial charge is 0.328 e. The van der Waals surface area contributed by atoms with Crippen molar-refractivity contribution in [2.24, 2.45) is 5.73 Å². The number of aliphatic carboxylic acids is 1. The number of nitrogens with two attached hydrogens (primary N) is 1. The molecule has 0 bridgehead atoms. The fraction of sp³-hybridized carbons (Fsp3) is 0.727. The maximum absolute atomic E-state index is 11.7. The minimum absolute atomic E-state index is 0.474. The molecule has 0 aliphatic heterocycles. The monoisotopic (exact) mass is 307 g/mol. The topological polar surface area (TPSA) is 142 Å². The molecule has 0 saturated heterocycles. The summed E-state index contributed by atoms with van der Waals surface area (Å²) < 4.78 is 0. The van der Waals surface area contributed by atoms with Crippen molar-refractivity contribution in [3.8, 4) is 0 Å². The van der Waals surface area contributed by atoms with Crippen LogP contribution < -0.4 is 16.4 Å². The molecule has 8 nitrogen and oxygen atoms in total. The Morgan fingerprint density at radius 2 is 1.85 bits per heavy atom. The van der Waals surface area contributed by atoms with Crippen LogP contribution in [0.4, 0.5) is 0 Å². The number of amides is 2. The van der Waals surface area contributed by atoms with Crippen LogP contribution in [0.3, 0.4) is 0 Å². The molecule has 0 aliphatic rings. The van der Waals surface area contributed by atoms with Crippen molar-refractivity contribution in [1.29, 1.82) is 0 Å². The number of aliphatic hydroxyl groups is 1. The van der Waals surface area contributed by atoms with Crippen molar-refractivity contribution in [3.05, 3.63) is 0 Å². The highest BCUT2D eigenvalue weighted by Crippen LogP contribution is 1.99. The predicted molar refractivity (Wildman–Crippen MR) is 75.2 cm³/mol. The second-order valence-electron chi connectivity index (χ2n) is 4.20. The molecule has 20 heavy (non-hydrogen) atoms. The van der Waals surface area contributed by atoms with Gasteiger partial charge in [0, 0.05) is 0 Å². The van der Waals surface area contributed by atoms with Crippen molar-refractivity contribution in [3.63, 3.8) is 0 Å². The molecule has 0 aliphatic carbocycles. The van der Waals surface area contributed by atoms with E-state index in [9.17, 15) is 14.4 Å². The van der Waals surface area contributed by atoms with Gasteiger partial charge in [-0.2, -0.15) is 11.8 Å². The zero-order chi connectivity index (χ0) is 15.7. The molecule has 0 unspecified atom stereocenters. The van der Waals surface area contributed by atoms with Crippen molar-refractivity contribution in [2.75, 3.05) is 18.6 Å². The second-order valence-corrected chi connectivity index (χ2v) is 5.19.